The maximum absolute atomic E-state index is 12.5. The summed E-state index contributed by atoms with van der Waals surface area (Å²) < 4.78 is 7.59. The largest absolute Gasteiger partial charge is 0.465 e. The molecular formula is C26H33Cl2N3O2. The van der Waals surface area contributed by atoms with Crippen LogP contribution < -0.4 is 5.73 Å². The lowest BCUT2D eigenvalue weighted by Gasteiger charge is -2.31. The maximum Gasteiger partial charge on any atom is 0.323 e. The second-order valence-corrected chi connectivity index (χ2v) is 9.00. The molecule has 0 aliphatic rings. The summed E-state index contributed by atoms with van der Waals surface area (Å²) in [6.45, 7) is 1.84. The molecule has 0 saturated heterocycles. The molecule has 3 aromatic rings. The molecule has 33 heavy (non-hydrogen) atoms. The van der Waals surface area contributed by atoms with Crippen LogP contribution in [0, 0.1) is 0 Å². The van der Waals surface area contributed by atoms with Crippen LogP contribution in [0.15, 0.2) is 60.8 Å². The average Bonchev–Trinajstić information content (AvgIpc) is 3.14. The molecule has 178 valence electrons. The Morgan fingerprint density at radius 2 is 1.73 bits per heavy atom. The Balaban J connectivity index is 1.54. The van der Waals surface area contributed by atoms with Crippen LogP contribution in [0.3, 0.4) is 0 Å². The van der Waals surface area contributed by atoms with Gasteiger partial charge >= 0.3 is 5.97 Å². The van der Waals surface area contributed by atoms with Crippen molar-refractivity contribution in [2.75, 3.05) is 31.5 Å². The number of nitrogens with zero attached hydrogens (tertiary/aromatic N) is 2. The van der Waals surface area contributed by atoms with Crippen molar-refractivity contribution >= 4 is 40.1 Å². The van der Waals surface area contributed by atoms with E-state index in [1.165, 1.54) is 5.56 Å². The van der Waals surface area contributed by atoms with Crippen LogP contribution in [0.4, 0.5) is 0 Å². The molecule has 0 bridgehead atoms. The van der Waals surface area contributed by atoms with E-state index in [-0.39, 0.29) is 12.0 Å². The van der Waals surface area contributed by atoms with Gasteiger partial charge < -0.3 is 15.0 Å². The number of carbonyl (C=O) groups excluding carboxylic acids is 1. The van der Waals surface area contributed by atoms with Gasteiger partial charge in [-0.1, -0.05) is 48.5 Å². The van der Waals surface area contributed by atoms with E-state index in [1.807, 2.05) is 43.6 Å². The lowest BCUT2D eigenvalue weighted by Crippen LogP contribution is -2.35. The van der Waals surface area contributed by atoms with E-state index >= 15 is 0 Å². The molecule has 2 aromatic carbocycles. The van der Waals surface area contributed by atoms with Crippen LogP contribution in [-0.2, 0) is 23.0 Å². The number of halogens is 2. The number of aryl methyl sites for hydroxylation is 1. The van der Waals surface area contributed by atoms with Crippen molar-refractivity contribution in [2.45, 2.75) is 31.3 Å². The summed E-state index contributed by atoms with van der Waals surface area (Å²) in [5, 5.41) is 1.12. The van der Waals surface area contributed by atoms with Gasteiger partial charge in [-0.15, -0.1) is 23.2 Å². The first-order valence-corrected chi connectivity index (χ1v) is 12.5. The highest BCUT2D eigenvalue weighted by molar-refractivity contribution is 6.18. The average molecular weight is 490 g/mol. The summed E-state index contributed by atoms with van der Waals surface area (Å²) in [4.78, 5) is 14.8. The number of rotatable bonds is 13. The number of aromatic nitrogens is 1. The Morgan fingerprint density at radius 3 is 2.42 bits per heavy atom. The summed E-state index contributed by atoms with van der Waals surface area (Å²) in [7, 11) is 2.00. The maximum atomic E-state index is 12.5. The third-order valence-corrected chi connectivity index (χ3v) is 6.29. The second-order valence-electron chi connectivity index (χ2n) is 8.24. The Kier molecular flexibility index (Phi) is 10.1. The smallest absolute Gasteiger partial charge is 0.323 e. The number of nitrogens with two attached hydrogens (primary N) is 1. The van der Waals surface area contributed by atoms with Crippen molar-refractivity contribution in [3.05, 3.63) is 71.9 Å². The fourth-order valence-corrected chi connectivity index (χ4v) is 4.78. The summed E-state index contributed by atoms with van der Waals surface area (Å²) >= 11 is 12.1. The van der Waals surface area contributed by atoms with Crippen molar-refractivity contribution in [3.63, 3.8) is 0 Å². The van der Waals surface area contributed by atoms with Gasteiger partial charge in [0.2, 0.25) is 0 Å². The Morgan fingerprint density at radius 1 is 1.06 bits per heavy atom. The Labute approximate surface area is 206 Å². The first-order valence-electron chi connectivity index (χ1n) is 11.4. The number of benzene rings is 2. The van der Waals surface area contributed by atoms with Crippen LogP contribution in [-0.4, -0.2) is 52.9 Å². The second kappa shape index (κ2) is 13.0. The van der Waals surface area contributed by atoms with Gasteiger partial charge in [0.1, 0.15) is 6.04 Å². The highest BCUT2D eigenvalue weighted by atomic mass is 35.5. The zero-order valence-corrected chi connectivity index (χ0v) is 20.6. The lowest BCUT2D eigenvalue weighted by atomic mass is 10.0. The fraction of sp³-hybridized carbons (Fsp3) is 0.423. The summed E-state index contributed by atoms with van der Waals surface area (Å²) in [5.74, 6) is 0.716. The first kappa shape index (κ1) is 25.6. The van der Waals surface area contributed by atoms with Crippen LogP contribution in [0.5, 0.6) is 0 Å². The predicted molar refractivity (Wildman–Crippen MR) is 137 cm³/mol. The van der Waals surface area contributed by atoms with E-state index in [1.54, 1.807) is 0 Å². The van der Waals surface area contributed by atoms with Gasteiger partial charge in [0.05, 0.1) is 6.61 Å². The minimum atomic E-state index is -0.690. The van der Waals surface area contributed by atoms with E-state index in [0.29, 0.717) is 24.8 Å². The zero-order chi connectivity index (χ0) is 23.6. The van der Waals surface area contributed by atoms with Crippen molar-refractivity contribution in [2.24, 2.45) is 12.8 Å². The molecule has 1 heterocycles. The number of hydrogen-bond donors (Lipinski definition) is 1. The molecule has 2 atom stereocenters. The summed E-state index contributed by atoms with van der Waals surface area (Å²) in [6, 6.07) is 17.9. The molecule has 0 saturated carbocycles. The Hall–Kier alpha value is -2.05. The number of esters is 1. The van der Waals surface area contributed by atoms with Gasteiger partial charge in [0, 0.05) is 61.5 Å². The van der Waals surface area contributed by atoms with E-state index in [9.17, 15) is 4.79 Å². The standard InChI is InChI=1S/C26H33Cl2N3O2/c1-30-19-21(22-10-5-6-11-25(22)30)18-23(29)26(32)33-17-7-12-24(20-8-3-2-4-9-20)31(15-13-27)16-14-28/h2-6,8-11,19,23-24H,7,12-18,29H2,1H3. The van der Waals surface area contributed by atoms with Gasteiger partial charge in [-0.25, -0.2) is 0 Å². The number of para-hydroxylation sites is 1. The zero-order valence-electron chi connectivity index (χ0n) is 19.1. The highest BCUT2D eigenvalue weighted by Gasteiger charge is 2.21. The molecule has 3 rings (SSSR count). The van der Waals surface area contributed by atoms with Crippen LogP contribution in [0.2, 0.25) is 0 Å². The highest BCUT2D eigenvalue weighted by Crippen LogP contribution is 2.26. The Bertz CT molecular complexity index is 1000. The monoisotopic (exact) mass is 489 g/mol. The van der Waals surface area contributed by atoms with Crippen molar-refractivity contribution < 1.29 is 9.53 Å². The van der Waals surface area contributed by atoms with Gasteiger partial charge in [-0.05, 0) is 30.0 Å². The number of ether oxygens (including phenoxy) is 1. The molecule has 7 heteroatoms. The topological polar surface area (TPSA) is 60.5 Å². The molecule has 0 spiro atoms. The summed E-state index contributed by atoms with van der Waals surface area (Å²) in [5.41, 5.74) is 9.58. The van der Waals surface area contributed by atoms with E-state index < -0.39 is 6.04 Å². The third-order valence-electron chi connectivity index (χ3n) is 5.96. The number of fused-ring (bicyclic) bond motifs is 1. The molecule has 0 aliphatic heterocycles. The normalized spacial score (nSPS) is 13.4. The van der Waals surface area contributed by atoms with Gasteiger partial charge in [0.25, 0.3) is 0 Å². The molecule has 0 fully saturated rings. The van der Waals surface area contributed by atoms with Crippen LogP contribution in [0.25, 0.3) is 10.9 Å². The molecule has 5 nitrogen and oxygen atoms in total. The minimum Gasteiger partial charge on any atom is -0.465 e. The molecule has 2 unspecified atom stereocenters. The molecular weight excluding hydrogens is 457 g/mol. The number of hydrogen-bond acceptors (Lipinski definition) is 4. The van der Waals surface area contributed by atoms with Gasteiger partial charge in [-0.3, -0.25) is 9.69 Å². The first-order chi connectivity index (χ1) is 16.0. The quantitative estimate of drug-likeness (QED) is 0.211. The van der Waals surface area contributed by atoms with E-state index in [2.05, 4.69) is 33.7 Å². The SMILES string of the molecule is Cn1cc(CC(N)C(=O)OCCCC(c2ccccc2)N(CCCl)CCCl)c2ccccc21. The molecule has 1 aromatic heterocycles. The van der Waals surface area contributed by atoms with Crippen LogP contribution >= 0.6 is 23.2 Å². The van der Waals surface area contributed by atoms with Crippen molar-refractivity contribution in [1.82, 2.24) is 9.47 Å². The van der Waals surface area contributed by atoms with E-state index in [0.717, 1.165) is 42.4 Å². The van der Waals surface area contributed by atoms with Crippen LogP contribution in [0.1, 0.15) is 30.0 Å². The molecule has 0 amide bonds. The fourth-order valence-electron chi connectivity index (χ4n) is 4.34. The third kappa shape index (κ3) is 6.97. The lowest BCUT2D eigenvalue weighted by molar-refractivity contribution is -0.145. The number of alkyl halides is 2. The molecule has 0 radical (unpaired) electrons. The molecule has 2 N–H and O–H groups in total. The predicted octanol–water partition coefficient (Wildman–Crippen LogP) is 4.89. The molecule has 0 aliphatic carbocycles. The number of carbonyl (C=O) groups is 1. The van der Waals surface area contributed by atoms with E-state index in [4.69, 9.17) is 33.7 Å². The van der Waals surface area contributed by atoms with Gasteiger partial charge in [-0.2, -0.15) is 0 Å². The van der Waals surface area contributed by atoms with Crippen molar-refractivity contribution in [1.29, 1.82) is 0 Å². The van der Waals surface area contributed by atoms with Gasteiger partial charge in [0.15, 0.2) is 0 Å². The minimum absolute atomic E-state index is 0.173. The van der Waals surface area contributed by atoms with Crippen molar-refractivity contribution in [3.8, 4) is 0 Å². The summed E-state index contributed by atoms with van der Waals surface area (Å²) in [6.07, 6.45) is 4.05.